The molecule has 4 atom stereocenters. The number of carbonyl (C=O) groups is 3. The molecule has 3 aromatic rings. The summed E-state index contributed by atoms with van der Waals surface area (Å²) in [5.74, 6) is 0.715. The normalized spacial score (nSPS) is 21.8. The second-order valence-electron chi connectivity index (χ2n) is 11.9. The highest BCUT2D eigenvalue weighted by Crippen LogP contribution is 2.48. The molecule has 0 unspecified atom stereocenters. The number of rotatable bonds is 8. The predicted octanol–water partition coefficient (Wildman–Crippen LogP) is 1.84. The first kappa shape index (κ1) is 28.6. The summed E-state index contributed by atoms with van der Waals surface area (Å²) in [4.78, 5) is 43.5. The molecule has 2 aliphatic carbocycles. The van der Waals surface area contributed by atoms with Crippen LogP contribution in [0.25, 0.3) is 0 Å². The maximum absolute atomic E-state index is 13.3. The van der Waals surface area contributed by atoms with Crippen molar-refractivity contribution in [3.8, 4) is 6.07 Å². The average molecular weight is 581 g/mol. The minimum Gasteiger partial charge on any atom is -0.355 e. The molecule has 0 spiro atoms. The number of nitrogens with one attached hydrogen (secondary N) is 4. The Balaban J connectivity index is 1.41. The SMILES string of the molecule is CNC(=O)c1ccc2c(c1)CCc1cc(C(=O)NC)ccc1C2(C[C@@H](C)NCC(=O)N1[C@H](C#N)C[C@@H]2C[C@@H]21)c1nnc[nH]1. The molecule has 2 aromatic carbocycles. The summed E-state index contributed by atoms with van der Waals surface area (Å²) < 4.78 is 0. The minimum atomic E-state index is -0.819. The van der Waals surface area contributed by atoms with Crippen LogP contribution in [0.1, 0.15) is 75.0 Å². The molecule has 4 N–H and O–H groups in total. The average Bonchev–Trinajstić information content (AvgIpc) is 3.41. The van der Waals surface area contributed by atoms with Gasteiger partial charge in [0.05, 0.1) is 18.0 Å². The molecule has 222 valence electrons. The molecular formula is C32H36N8O3. The Bertz CT molecular complexity index is 1540. The van der Waals surface area contributed by atoms with Gasteiger partial charge >= 0.3 is 0 Å². The lowest BCUT2D eigenvalue weighted by Gasteiger charge is -2.37. The number of carbonyl (C=O) groups excluding carboxylic acids is 3. The van der Waals surface area contributed by atoms with Crippen molar-refractivity contribution in [1.29, 1.82) is 5.26 Å². The molecule has 6 rings (SSSR count). The number of hydrogen-bond donors (Lipinski definition) is 4. The Labute approximate surface area is 250 Å². The van der Waals surface area contributed by atoms with Crippen LogP contribution in [0.3, 0.4) is 0 Å². The Hall–Kier alpha value is -4.56. The van der Waals surface area contributed by atoms with Crippen molar-refractivity contribution in [2.45, 2.75) is 62.6 Å². The van der Waals surface area contributed by atoms with Crippen molar-refractivity contribution in [3.05, 3.63) is 81.9 Å². The number of aromatic amines is 1. The molecule has 1 saturated heterocycles. The topological polar surface area (TPSA) is 156 Å². The van der Waals surface area contributed by atoms with Gasteiger partial charge in [-0.2, -0.15) is 5.26 Å². The van der Waals surface area contributed by atoms with Crippen LogP contribution in [-0.2, 0) is 23.1 Å². The molecular weight excluding hydrogens is 544 g/mol. The lowest BCUT2D eigenvalue weighted by atomic mass is 9.67. The zero-order chi connectivity index (χ0) is 30.3. The Morgan fingerprint density at radius 3 is 2.21 bits per heavy atom. The van der Waals surface area contributed by atoms with E-state index in [2.05, 4.69) is 37.2 Å². The number of aryl methyl sites for hydroxylation is 2. The van der Waals surface area contributed by atoms with Gasteiger partial charge in [-0.3, -0.25) is 14.4 Å². The summed E-state index contributed by atoms with van der Waals surface area (Å²) in [6.07, 6.45) is 5.14. The third kappa shape index (κ3) is 4.95. The molecule has 3 aliphatic rings. The second-order valence-corrected chi connectivity index (χ2v) is 11.9. The fourth-order valence-electron chi connectivity index (χ4n) is 7.22. The van der Waals surface area contributed by atoms with E-state index in [9.17, 15) is 19.6 Å². The standard InChI is InChI=1S/C32H36N8O3/c1-18(36-16-28(41)40-24(15-33)12-23-13-27(23)40)14-32(31-37-17-38-39-31)25-8-6-21(29(42)34-2)10-19(25)4-5-20-11-22(30(43)35-3)7-9-26(20)32/h6-11,17-18,23-24,27,36H,4-5,12-14,16H2,1-3H3,(H,34,42)(H,35,43)(H,37,38,39)/t18-,23-,24+,27+/m1/s1. The number of benzene rings is 2. The number of H-pyrrole nitrogens is 1. The number of likely N-dealkylation sites (tertiary alicyclic amines) is 1. The quantitative estimate of drug-likeness (QED) is 0.317. The molecule has 0 radical (unpaired) electrons. The van der Waals surface area contributed by atoms with Gasteiger partial charge in [0, 0.05) is 37.3 Å². The molecule has 43 heavy (non-hydrogen) atoms. The van der Waals surface area contributed by atoms with Crippen LogP contribution in [0.15, 0.2) is 42.7 Å². The van der Waals surface area contributed by atoms with E-state index in [1.54, 1.807) is 25.3 Å². The van der Waals surface area contributed by atoms with Gasteiger partial charge in [-0.15, -0.1) is 10.2 Å². The van der Waals surface area contributed by atoms with Crippen molar-refractivity contribution < 1.29 is 14.4 Å². The van der Waals surface area contributed by atoms with Crippen molar-refractivity contribution in [2.75, 3.05) is 20.6 Å². The summed E-state index contributed by atoms with van der Waals surface area (Å²) in [5.41, 5.74) is 4.32. The van der Waals surface area contributed by atoms with Gasteiger partial charge in [0.1, 0.15) is 18.2 Å². The van der Waals surface area contributed by atoms with E-state index in [0.717, 1.165) is 35.1 Å². The van der Waals surface area contributed by atoms with Gasteiger partial charge in [0.15, 0.2) is 0 Å². The van der Waals surface area contributed by atoms with Crippen LogP contribution in [0, 0.1) is 17.2 Å². The molecule has 1 aliphatic heterocycles. The molecule has 11 heteroatoms. The fourth-order valence-corrected chi connectivity index (χ4v) is 7.22. The lowest BCUT2D eigenvalue weighted by Crippen LogP contribution is -2.46. The number of amides is 3. The summed E-state index contributed by atoms with van der Waals surface area (Å²) in [6.45, 7) is 2.17. The molecule has 2 heterocycles. The van der Waals surface area contributed by atoms with Crippen LogP contribution >= 0.6 is 0 Å². The van der Waals surface area contributed by atoms with Gasteiger partial charge in [0.25, 0.3) is 11.8 Å². The largest absolute Gasteiger partial charge is 0.355 e. The molecule has 1 aromatic heterocycles. The fraction of sp³-hybridized carbons (Fsp3) is 0.438. The molecule has 2 fully saturated rings. The second kappa shape index (κ2) is 11.3. The lowest BCUT2D eigenvalue weighted by molar-refractivity contribution is -0.131. The highest BCUT2D eigenvalue weighted by molar-refractivity contribution is 5.95. The summed E-state index contributed by atoms with van der Waals surface area (Å²) in [7, 11) is 3.23. The molecule has 3 amide bonds. The molecule has 1 saturated carbocycles. The molecule has 0 bridgehead atoms. The van der Waals surface area contributed by atoms with E-state index in [0.29, 0.717) is 42.1 Å². The van der Waals surface area contributed by atoms with Crippen molar-refractivity contribution >= 4 is 17.7 Å². The Kier molecular flexibility index (Phi) is 7.48. The first-order valence-electron chi connectivity index (χ1n) is 14.8. The monoisotopic (exact) mass is 580 g/mol. The number of nitrogens with zero attached hydrogens (tertiary/aromatic N) is 4. The Morgan fingerprint density at radius 1 is 1.05 bits per heavy atom. The zero-order valence-corrected chi connectivity index (χ0v) is 24.6. The smallest absolute Gasteiger partial charge is 0.251 e. The van der Waals surface area contributed by atoms with Gasteiger partial charge in [-0.05, 0) is 91.5 Å². The van der Waals surface area contributed by atoms with E-state index in [1.165, 1.54) is 0 Å². The van der Waals surface area contributed by atoms with Crippen LogP contribution < -0.4 is 16.0 Å². The summed E-state index contributed by atoms with van der Waals surface area (Å²) in [5, 5.41) is 27.2. The van der Waals surface area contributed by atoms with E-state index >= 15 is 0 Å². The number of aromatic nitrogens is 3. The maximum Gasteiger partial charge on any atom is 0.251 e. The van der Waals surface area contributed by atoms with Crippen LogP contribution in [0.5, 0.6) is 0 Å². The van der Waals surface area contributed by atoms with E-state index in [4.69, 9.17) is 0 Å². The first-order chi connectivity index (χ1) is 20.8. The van der Waals surface area contributed by atoms with Crippen molar-refractivity contribution in [1.82, 2.24) is 36.0 Å². The predicted molar refractivity (Wildman–Crippen MR) is 158 cm³/mol. The number of fused-ring (bicyclic) bond motifs is 3. The Morgan fingerprint density at radius 2 is 1.67 bits per heavy atom. The van der Waals surface area contributed by atoms with Crippen LogP contribution in [0.4, 0.5) is 0 Å². The first-order valence-corrected chi connectivity index (χ1v) is 14.8. The number of nitriles is 1. The van der Waals surface area contributed by atoms with Gasteiger partial charge in [-0.25, -0.2) is 0 Å². The number of hydrogen-bond acceptors (Lipinski definition) is 7. The van der Waals surface area contributed by atoms with Crippen LogP contribution in [0.2, 0.25) is 0 Å². The minimum absolute atomic E-state index is 0.0516. The third-order valence-electron chi connectivity index (χ3n) is 9.35. The van der Waals surface area contributed by atoms with E-state index in [1.807, 2.05) is 43.3 Å². The van der Waals surface area contributed by atoms with E-state index in [-0.39, 0.29) is 42.4 Å². The van der Waals surface area contributed by atoms with Crippen molar-refractivity contribution in [3.63, 3.8) is 0 Å². The number of piperidine rings is 1. The van der Waals surface area contributed by atoms with E-state index < -0.39 is 5.41 Å². The van der Waals surface area contributed by atoms with Gasteiger partial charge < -0.3 is 25.8 Å². The zero-order valence-electron chi connectivity index (χ0n) is 24.6. The highest BCUT2D eigenvalue weighted by atomic mass is 16.2. The summed E-state index contributed by atoms with van der Waals surface area (Å²) in [6, 6.07) is 13.5. The van der Waals surface area contributed by atoms with Crippen molar-refractivity contribution in [2.24, 2.45) is 5.92 Å². The maximum atomic E-state index is 13.3. The molecule has 11 nitrogen and oxygen atoms in total. The van der Waals surface area contributed by atoms with Gasteiger partial charge in [0.2, 0.25) is 5.91 Å². The van der Waals surface area contributed by atoms with Gasteiger partial charge in [-0.1, -0.05) is 12.1 Å². The highest BCUT2D eigenvalue weighted by Gasteiger charge is 2.54. The van der Waals surface area contributed by atoms with Crippen LogP contribution in [-0.4, -0.2) is 76.6 Å². The summed E-state index contributed by atoms with van der Waals surface area (Å²) >= 11 is 0. The third-order valence-corrected chi connectivity index (χ3v) is 9.35.